The number of thiophene rings is 1. The van der Waals surface area contributed by atoms with Crippen LogP contribution >= 0.6 is 22.7 Å². The quantitative estimate of drug-likeness (QED) is 0.820. The van der Waals surface area contributed by atoms with E-state index in [1.165, 1.54) is 11.3 Å². The van der Waals surface area contributed by atoms with Gasteiger partial charge in [0.1, 0.15) is 0 Å². The molecule has 1 aliphatic carbocycles. The molecule has 4 rings (SSSR count). The minimum atomic E-state index is -0.129. The first-order chi connectivity index (χ1) is 12.6. The van der Waals surface area contributed by atoms with Crippen molar-refractivity contribution >= 4 is 34.5 Å². The fourth-order valence-corrected chi connectivity index (χ4v) is 5.15. The van der Waals surface area contributed by atoms with Gasteiger partial charge in [0.05, 0.1) is 15.9 Å². The number of likely N-dealkylation sites (tertiary alicyclic amines) is 1. The largest absolute Gasteiger partial charge is 0.351 e. The van der Waals surface area contributed by atoms with Crippen LogP contribution in [0.25, 0.3) is 0 Å². The maximum atomic E-state index is 12.8. The fourth-order valence-electron chi connectivity index (χ4n) is 3.45. The topological polar surface area (TPSA) is 62.3 Å². The highest BCUT2D eigenvalue weighted by molar-refractivity contribution is 7.14. The Balaban J connectivity index is 1.37. The summed E-state index contributed by atoms with van der Waals surface area (Å²) in [6.45, 7) is 3.50. The molecule has 1 atom stereocenters. The Kier molecular flexibility index (Phi) is 4.84. The fraction of sp³-hybridized carbons (Fsp3) is 0.526. The van der Waals surface area contributed by atoms with E-state index in [2.05, 4.69) is 17.2 Å². The van der Waals surface area contributed by atoms with E-state index in [1.54, 1.807) is 17.5 Å². The average Bonchev–Trinajstić information content (AvgIpc) is 3.14. The highest BCUT2D eigenvalue weighted by atomic mass is 32.1. The van der Waals surface area contributed by atoms with Crippen LogP contribution in [-0.4, -0.2) is 34.8 Å². The van der Waals surface area contributed by atoms with Crippen molar-refractivity contribution in [3.63, 3.8) is 0 Å². The molecule has 2 aliphatic rings. The molecule has 0 unspecified atom stereocenters. The van der Waals surface area contributed by atoms with Gasteiger partial charge in [0.15, 0.2) is 0 Å². The number of carbonyl (C=O) groups is 2. The molecule has 1 aliphatic heterocycles. The van der Waals surface area contributed by atoms with Crippen molar-refractivity contribution in [3.8, 4) is 0 Å². The molecule has 0 spiro atoms. The van der Waals surface area contributed by atoms with Gasteiger partial charge in [0.2, 0.25) is 5.91 Å². The smallest absolute Gasteiger partial charge is 0.261 e. The number of thiazole rings is 1. The highest BCUT2D eigenvalue weighted by Crippen LogP contribution is 2.49. The summed E-state index contributed by atoms with van der Waals surface area (Å²) >= 11 is 3.12. The van der Waals surface area contributed by atoms with Crippen LogP contribution in [0.5, 0.6) is 0 Å². The van der Waals surface area contributed by atoms with Crippen molar-refractivity contribution in [3.05, 3.63) is 38.5 Å². The molecule has 2 amide bonds. The third-order valence-electron chi connectivity index (χ3n) is 5.32. The number of nitrogens with one attached hydrogen (secondary N) is 1. The molecule has 7 heteroatoms. The predicted octanol–water partition coefficient (Wildman–Crippen LogP) is 3.64. The van der Waals surface area contributed by atoms with E-state index in [0.717, 1.165) is 53.4 Å². The first-order valence-electron chi connectivity index (χ1n) is 9.14. The number of amides is 2. The van der Waals surface area contributed by atoms with E-state index < -0.39 is 0 Å². The maximum absolute atomic E-state index is 12.8. The zero-order valence-electron chi connectivity index (χ0n) is 14.9. The van der Waals surface area contributed by atoms with Crippen LogP contribution in [0.2, 0.25) is 0 Å². The van der Waals surface area contributed by atoms with Gasteiger partial charge < -0.3 is 10.2 Å². The molecule has 1 N–H and O–H groups in total. The Labute approximate surface area is 161 Å². The van der Waals surface area contributed by atoms with Crippen molar-refractivity contribution in [1.82, 2.24) is 15.2 Å². The first-order valence-corrected chi connectivity index (χ1v) is 10.8. The van der Waals surface area contributed by atoms with E-state index >= 15 is 0 Å². The first kappa shape index (κ1) is 17.7. The summed E-state index contributed by atoms with van der Waals surface area (Å²) in [6, 6.07) is 4.05. The number of rotatable bonds is 6. The number of hydrogen-bond donors (Lipinski definition) is 1. The van der Waals surface area contributed by atoms with Crippen molar-refractivity contribution < 1.29 is 9.59 Å². The number of hydrogen-bond acceptors (Lipinski definition) is 5. The van der Waals surface area contributed by atoms with Crippen molar-refractivity contribution in [1.29, 1.82) is 0 Å². The molecule has 1 saturated heterocycles. The molecule has 3 heterocycles. The van der Waals surface area contributed by atoms with Crippen LogP contribution in [0, 0.1) is 5.41 Å². The molecule has 0 bridgehead atoms. The summed E-state index contributed by atoms with van der Waals surface area (Å²) in [7, 11) is 0. The Hall–Kier alpha value is -1.73. The number of aromatic nitrogens is 1. The van der Waals surface area contributed by atoms with Gasteiger partial charge in [-0.3, -0.25) is 9.59 Å². The Morgan fingerprint density at radius 1 is 1.38 bits per heavy atom. The van der Waals surface area contributed by atoms with E-state index in [9.17, 15) is 9.59 Å². The van der Waals surface area contributed by atoms with Gasteiger partial charge in [-0.2, -0.15) is 0 Å². The summed E-state index contributed by atoms with van der Waals surface area (Å²) in [5, 5.41) is 5.94. The lowest BCUT2D eigenvalue weighted by molar-refractivity contribution is -0.137. The monoisotopic (exact) mass is 389 g/mol. The molecule has 5 nitrogen and oxygen atoms in total. The molecule has 1 saturated carbocycles. The van der Waals surface area contributed by atoms with Crippen LogP contribution in [-0.2, 0) is 11.2 Å². The summed E-state index contributed by atoms with van der Waals surface area (Å²) < 4.78 is 0. The second-order valence-corrected chi connectivity index (χ2v) is 9.45. The minimum absolute atomic E-state index is 0.0390. The van der Waals surface area contributed by atoms with Gasteiger partial charge in [0.25, 0.3) is 5.91 Å². The van der Waals surface area contributed by atoms with Gasteiger partial charge in [-0.05, 0) is 37.8 Å². The second kappa shape index (κ2) is 7.12. The highest BCUT2D eigenvalue weighted by Gasteiger charge is 2.49. The summed E-state index contributed by atoms with van der Waals surface area (Å²) in [4.78, 5) is 33.3. The van der Waals surface area contributed by atoms with Crippen LogP contribution in [0.1, 0.15) is 58.2 Å². The molecular formula is C19H23N3O2S2. The third kappa shape index (κ3) is 3.55. The molecule has 138 valence electrons. The molecule has 0 aromatic carbocycles. The van der Waals surface area contributed by atoms with Gasteiger partial charge in [-0.1, -0.05) is 6.92 Å². The molecule has 0 radical (unpaired) electrons. The molecular weight excluding hydrogens is 366 g/mol. The van der Waals surface area contributed by atoms with Gasteiger partial charge in [-0.25, -0.2) is 4.98 Å². The number of carbonyl (C=O) groups excluding carboxylic acids is 2. The molecule has 26 heavy (non-hydrogen) atoms. The zero-order chi connectivity index (χ0) is 18.1. The zero-order valence-corrected chi connectivity index (χ0v) is 16.5. The lowest BCUT2D eigenvalue weighted by Gasteiger charge is -2.26. The van der Waals surface area contributed by atoms with Gasteiger partial charge in [-0.15, -0.1) is 22.7 Å². The normalized spacial score (nSPS) is 21.0. The Bertz CT molecular complexity index is 796. The molecule has 2 fully saturated rings. The minimum Gasteiger partial charge on any atom is -0.351 e. The van der Waals surface area contributed by atoms with Crippen LogP contribution in [0.4, 0.5) is 0 Å². The average molecular weight is 390 g/mol. The van der Waals surface area contributed by atoms with E-state index in [-0.39, 0.29) is 17.4 Å². The predicted molar refractivity (Wildman–Crippen MR) is 103 cm³/mol. The van der Waals surface area contributed by atoms with Crippen LogP contribution < -0.4 is 5.32 Å². The Morgan fingerprint density at radius 2 is 2.23 bits per heavy atom. The van der Waals surface area contributed by atoms with E-state index in [4.69, 9.17) is 0 Å². The standard InChI is InChI=1S/C19H23N3O2S2/c1-19(7-8-19)18(24)22-11-2-3-13(22)14-4-5-15(26-14)17(23)21-9-6-16-20-10-12-25-16/h4-5,10,12-13H,2-3,6-9,11H2,1H3,(H,21,23)/t13-/m0/s1. The van der Waals surface area contributed by atoms with Crippen LogP contribution in [0.15, 0.2) is 23.7 Å². The summed E-state index contributed by atoms with van der Waals surface area (Å²) in [6.07, 6.45) is 6.58. The third-order valence-corrected chi connectivity index (χ3v) is 7.34. The van der Waals surface area contributed by atoms with Gasteiger partial charge >= 0.3 is 0 Å². The maximum Gasteiger partial charge on any atom is 0.261 e. The lowest BCUT2D eigenvalue weighted by atomic mass is 10.1. The number of nitrogens with zero attached hydrogens (tertiary/aromatic N) is 2. The molecule has 2 aromatic rings. The van der Waals surface area contributed by atoms with Crippen molar-refractivity contribution in [2.75, 3.05) is 13.1 Å². The van der Waals surface area contributed by atoms with E-state index in [1.807, 2.05) is 22.4 Å². The van der Waals surface area contributed by atoms with Gasteiger partial charge in [0, 0.05) is 41.4 Å². The second-order valence-electron chi connectivity index (χ2n) is 7.35. The van der Waals surface area contributed by atoms with Crippen molar-refractivity contribution in [2.45, 2.75) is 45.1 Å². The summed E-state index contributed by atoms with van der Waals surface area (Å²) in [5.74, 6) is 0.255. The summed E-state index contributed by atoms with van der Waals surface area (Å²) in [5.41, 5.74) is -0.129. The SMILES string of the molecule is CC1(C(=O)N2CCC[C@H]2c2ccc(C(=O)NCCc3nccs3)s2)CC1. The lowest BCUT2D eigenvalue weighted by Crippen LogP contribution is -2.35. The van der Waals surface area contributed by atoms with E-state index in [0.29, 0.717) is 12.5 Å². The van der Waals surface area contributed by atoms with Crippen molar-refractivity contribution in [2.24, 2.45) is 5.41 Å². The van der Waals surface area contributed by atoms with Crippen LogP contribution in [0.3, 0.4) is 0 Å². The molecule has 2 aromatic heterocycles. The Morgan fingerprint density at radius 3 is 2.96 bits per heavy atom.